The number of carbonyl (C=O) groups excluding carboxylic acids is 1. The Morgan fingerprint density at radius 1 is 1.08 bits per heavy atom. The van der Waals surface area contributed by atoms with Crippen molar-refractivity contribution in [3.8, 4) is 0 Å². The molecule has 0 radical (unpaired) electrons. The van der Waals surface area contributed by atoms with E-state index in [1.807, 2.05) is 4.90 Å². The Morgan fingerprint density at radius 2 is 1.79 bits per heavy atom. The van der Waals surface area contributed by atoms with Crippen LogP contribution in [0, 0.1) is 0 Å². The predicted molar refractivity (Wildman–Crippen MR) is 87.4 cm³/mol. The fourth-order valence-electron chi connectivity index (χ4n) is 2.92. The SMILES string of the molecule is CCCCC(=O)N1CCCN(Cc2ccc(C(F)(F)F)cc2)CC1. The Balaban J connectivity index is 1.87. The summed E-state index contributed by atoms with van der Waals surface area (Å²) >= 11 is 0. The van der Waals surface area contributed by atoms with Gasteiger partial charge in [-0.1, -0.05) is 25.5 Å². The molecule has 0 unspecified atom stereocenters. The van der Waals surface area contributed by atoms with E-state index in [0.29, 0.717) is 19.5 Å². The molecule has 1 amide bonds. The first-order valence-corrected chi connectivity index (χ1v) is 8.56. The van der Waals surface area contributed by atoms with Crippen LogP contribution in [0.15, 0.2) is 24.3 Å². The van der Waals surface area contributed by atoms with E-state index in [0.717, 1.165) is 56.6 Å². The van der Waals surface area contributed by atoms with Gasteiger partial charge in [0.05, 0.1) is 5.56 Å². The average molecular weight is 342 g/mol. The quantitative estimate of drug-likeness (QED) is 0.809. The Labute approximate surface area is 141 Å². The predicted octanol–water partition coefficient (Wildman–Crippen LogP) is 3.93. The molecule has 0 bridgehead atoms. The lowest BCUT2D eigenvalue weighted by Crippen LogP contribution is -2.34. The van der Waals surface area contributed by atoms with Crippen LogP contribution in [0.5, 0.6) is 0 Å². The summed E-state index contributed by atoms with van der Waals surface area (Å²) in [4.78, 5) is 16.2. The molecular weight excluding hydrogens is 317 g/mol. The minimum absolute atomic E-state index is 0.216. The van der Waals surface area contributed by atoms with Crippen LogP contribution in [0.1, 0.15) is 43.7 Å². The maximum atomic E-state index is 12.6. The molecule has 24 heavy (non-hydrogen) atoms. The van der Waals surface area contributed by atoms with Crippen LogP contribution in [0.2, 0.25) is 0 Å². The Morgan fingerprint density at radius 3 is 2.42 bits per heavy atom. The third kappa shape index (κ3) is 5.51. The van der Waals surface area contributed by atoms with Crippen LogP contribution in [-0.4, -0.2) is 41.9 Å². The van der Waals surface area contributed by atoms with Gasteiger partial charge < -0.3 is 4.90 Å². The Bertz CT molecular complexity index is 528. The van der Waals surface area contributed by atoms with E-state index < -0.39 is 11.7 Å². The third-order valence-electron chi connectivity index (χ3n) is 4.37. The highest BCUT2D eigenvalue weighted by molar-refractivity contribution is 5.76. The Hall–Kier alpha value is -1.56. The van der Waals surface area contributed by atoms with E-state index in [2.05, 4.69) is 11.8 Å². The zero-order chi connectivity index (χ0) is 17.6. The number of hydrogen-bond acceptors (Lipinski definition) is 2. The maximum Gasteiger partial charge on any atom is 0.416 e. The first-order valence-electron chi connectivity index (χ1n) is 8.56. The number of carbonyl (C=O) groups is 1. The van der Waals surface area contributed by atoms with Gasteiger partial charge in [-0.25, -0.2) is 0 Å². The van der Waals surface area contributed by atoms with E-state index in [1.54, 1.807) is 0 Å². The van der Waals surface area contributed by atoms with Gasteiger partial charge in [-0.05, 0) is 30.5 Å². The fourth-order valence-corrected chi connectivity index (χ4v) is 2.92. The van der Waals surface area contributed by atoms with Gasteiger partial charge in [0.15, 0.2) is 0 Å². The summed E-state index contributed by atoms with van der Waals surface area (Å²) in [7, 11) is 0. The van der Waals surface area contributed by atoms with Crippen molar-refractivity contribution in [3.05, 3.63) is 35.4 Å². The molecular formula is C18H25F3N2O. The molecule has 0 saturated carbocycles. The first kappa shape index (κ1) is 18.8. The zero-order valence-corrected chi connectivity index (χ0v) is 14.1. The molecule has 1 saturated heterocycles. The fraction of sp³-hybridized carbons (Fsp3) is 0.611. The molecule has 1 heterocycles. The maximum absolute atomic E-state index is 12.6. The Kier molecular flexibility index (Phi) is 6.66. The molecule has 6 heteroatoms. The molecule has 0 spiro atoms. The van der Waals surface area contributed by atoms with Gasteiger partial charge in [0, 0.05) is 39.1 Å². The van der Waals surface area contributed by atoms with E-state index in [-0.39, 0.29) is 5.91 Å². The number of nitrogens with zero attached hydrogens (tertiary/aromatic N) is 2. The number of rotatable bonds is 5. The number of alkyl halides is 3. The lowest BCUT2D eigenvalue weighted by molar-refractivity contribution is -0.137. The smallest absolute Gasteiger partial charge is 0.341 e. The van der Waals surface area contributed by atoms with Crippen molar-refractivity contribution >= 4 is 5.91 Å². The van der Waals surface area contributed by atoms with Gasteiger partial charge in [0.25, 0.3) is 0 Å². The van der Waals surface area contributed by atoms with Crippen molar-refractivity contribution in [2.75, 3.05) is 26.2 Å². The van der Waals surface area contributed by atoms with Crippen molar-refractivity contribution in [2.45, 2.75) is 45.3 Å². The largest absolute Gasteiger partial charge is 0.416 e. The van der Waals surface area contributed by atoms with Crippen molar-refractivity contribution < 1.29 is 18.0 Å². The number of amides is 1. The van der Waals surface area contributed by atoms with E-state index in [4.69, 9.17) is 0 Å². The summed E-state index contributed by atoms with van der Waals surface area (Å²) in [5, 5.41) is 0. The van der Waals surface area contributed by atoms with Crippen molar-refractivity contribution in [1.29, 1.82) is 0 Å². The molecule has 2 rings (SSSR count). The van der Waals surface area contributed by atoms with Gasteiger partial charge in [0.1, 0.15) is 0 Å². The number of hydrogen-bond donors (Lipinski definition) is 0. The van der Waals surface area contributed by atoms with E-state index in [1.165, 1.54) is 12.1 Å². The molecule has 0 atom stereocenters. The lowest BCUT2D eigenvalue weighted by Gasteiger charge is -2.22. The normalized spacial score (nSPS) is 16.9. The lowest BCUT2D eigenvalue weighted by atomic mass is 10.1. The molecule has 0 aromatic heterocycles. The third-order valence-corrected chi connectivity index (χ3v) is 4.37. The molecule has 3 nitrogen and oxygen atoms in total. The number of benzene rings is 1. The average Bonchev–Trinajstić information content (AvgIpc) is 2.78. The molecule has 1 aromatic carbocycles. The minimum atomic E-state index is -4.29. The summed E-state index contributed by atoms with van der Waals surface area (Å²) in [6, 6.07) is 5.34. The van der Waals surface area contributed by atoms with Gasteiger partial charge in [-0.2, -0.15) is 13.2 Å². The van der Waals surface area contributed by atoms with Crippen LogP contribution in [0.25, 0.3) is 0 Å². The highest BCUT2D eigenvalue weighted by atomic mass is 19.4. The van der Waals surface area contributed by atoms with E-state index >= 15 is 0 Å². The minimum Gasteiger partial charge on any atom is -0.341 e. The van der Waals surface area contributed by atoms with Gasteiger partial charge in [-0.3, -0.25) is 9.69 Å². The molecule has 134 valence electrons. The van der Waals surface area contributed by atoms with Crippen LogP contribution in [0.4, 0.5) is 13.2 Å². The zero-order valence-electron chi connectivity index (χ0n) is 14.1. The van der Waals surface area contributed by atoms with Crippen molar-refractivity contribution in [2.24, 2.45) is 0 Å². The summed E-state index contributed by atoms with van der Waals surface area (Å²) in [6.45, 7) is 5.78. The highest BCUT2D eigenvalue weighted by Crippen LogP contribution is 2.29. The topological polar surface area (TPSA) is 23.6 Å². The molecule has 1 aromatic rings. The molecule has 1 fully saturated rings. The van der Waals surface area contributed by atoms with Gasteiger partial charge >= 0.3 is 6.18 Å². The second kappa shape index (κ2) is 8.51. The van der Waals surface area contributed by atoms with Crippen LogP contribution < -0.4 is 0 Å². The van der Waals surface area contributed by atoms with Gasteiger partial charge in [0.2, 0.25) is 5.91 Å². The van der Waals surface area contributed by atoms with Gasteiger partial charge in [-0.15, -0.1) is 0 Å². The van der Waals surface area contributed by atoms with E-state index in [9.17, 15) is 18.0 Å². The molecule has 1 aliphatic heterocycles. The summed E-state index contributed by atoms with van der Waals surface area (Å²) in [5.41, 5.74) is 0.253. The molecule has 0 aliphatic carbocycles. The second-order valence-corrected chi connectivity index (χ2v) is 6.31. The molecule has 0 N–H and O–H groups in total. The number of halogens is 3. The van der Waals surface area contributed by atoms with Crippen molar-refractivity contribution in [3.63, 3.8) is 0 Å². The monoisotopic (exact) mass is 342 g/mol. The summed E-state index contributed by atoms with van der Waals surface area (Å²) in [5.74, 6) is 0.216. The van der Waals surface area contributed by atoms with Crippen LogP contribution >= 0.6 is 0 Å². The van der Waals surface area contributed by atoms with Crippen LogP contribution in [-0.2, 0) is 17.5 Å². The van der Waals surface area contributed by atoms with Crippen molar-refractivity contribution in [1.82, 2.24) is 9.80 Å². The standard InChI is InChI=1S/C18H25F3N2O/c1-2-3-5-17(24)23-11-4-10-22(12-13-23)14-15-6-8-16(9-7-15)18(19,20)21/h6-9H,2-5,10-14H2,1H3. The number of unbranched alkanes of at least 4 members (excludes halogenated alkanes) is 1. The summed E-state index contributed by atoms with van der Waals surface area (Å²) in [6.07, 6.45) is -0.849. The second-order valence-electron chi connectivity index (χ2n) is 6.31. The van der Waals surface area contributed by atoms with Crippen LogP contribution in [0.3, 0.4) is 0 Å². The molecule has 1 aliphatic rings. The summed E-state index contributed by atoms with van der Waals surface area (Å²) < 4.78 is 37.8. The first-order chi connectivity index (χ1) is 11.4. The highest BCUT2D eigenvalue weighted by Gasteiger charge is 2.30.